The Bertz CT molecular complexity index is 1030. The lowest BCUT2D eigenvalue weighted by molar-refractivity contribution is 0.0698. The Morgan fingerprint density at radius 2 is 1.45 bits per heavy atom. The minimum Gasteiger partial charge on any atom is -0.493 e. The Labute approximate surface area is 184 Å². The van der Waals surface area contributed by atoms with Crippen molar-refractivity contribution in [2.24, 2.45) is 0 Å². The van der Waals surface area contributed by atoms with Crippen molar-refractivity contribution in [1.82, 2.24) is 9.21 Å². The Morgan fingerprint density at radius 3 is 1.97 bits per heavy atom. The van der Waals surface area contributed by atoms with E-state index in [-0.39, 0.29) is 29.3 Å². The fraction of sp³-hybridized carbons (Fsp3) is 0.435. The van der Waals surface area contributed by atoms with Crippen LogP contribution in [0.1, 0.15) is 36.7 Å². The van der Waals surface area contributed by atoms with Crippen LogP contribution in [0.25, 0.3) is 0 Å². The van der Waals surface area contributed by atoms with Crippen molar-refractivity contribution < 1.29 is 22.7 Å². The molecule has 1 amide bonds. The molecule has 168 valence electrons. The molecule has 1 fully saturated rings. The standard InChI is InChI=1S/C23H30N2O5S/c1-23(2,3)18-8-6-17(7-9-18)22(26)24-12-14-25(15-13-24)31(27,28)19-10-11-20(29-4)21(16-19)30-5/h6-11,16H,12-15H2,1-5H3. The fourth-order valence-corrected chi connectivity index (χ4v) is 4.99. The fourth-order valence-electron chi connectivity index (χ4n) is 3.55. The molecule has 31 heavy (non-hydrogen) atoms. The van der Waals surface area contributed by atoms with Crippen LogP contribution in [-0.2, 0) is 15.4 Å². The van der Waals surface area contributed by atoms with Gasteiger partial charge in [-0.25, -0.2) is 8.42 Å². The summed E-state index contributed by atoms with van der Waals surface area (Å²) in [6.45, 7) is 7.54. The predicted octanol–water partition coefficient (Wildman–Crippen LogP) is 3.15. The van der Waals surface area contributed by atoms with Crippen LogP contribution in [0.15, 0.2) is 47.4 Å². The molecule has 0 unspecified atom stereocenters. The first-order chi connectivity index (χ1) is 14.6. The van der Waals surface area contributed by atoms with Crippen molar-refractivity contribution in [1.29, 1.82) is 0 Å². The summed E-state index contributed by atoms with van der Waals surface area (Å²) in [5, 5.41) is 0. The van der Waals surface area contributed by atoms with E-state index in [1.54, 1.807) is 11.0 Å². The number of nitrogens with zero attached hydrogens (tertiary/aromatic N) is 2. The first kappa shape index (κ1) is 23.1. The summed E-state index contributed by atoms with van der Waals surface area (Å²) in [5.74, 6) is 0.745. The minimum atomic E-state index is -3.70. The van der Waals surface area contributed by atoms with Gasteiger partial charge in [-0.15, -0.1) is 0 Å². The molecular formula is C23H30N2O5S. The van der Waals surface area contributed by atoms with Gasteiger partial charge >= 0.3 is 0 Å². The van der Waals surface area contributed by atoms with E-state index in [9.17, 15) is 13.2 Å². The third-order valence-corrected chi connectivity index (χ3v) is 7.41. The zero-order chi connectivity index (χ0) is 22.8. The van der Waals surface area contributed by atoms with Gasteiger partial charge in [0, 0.05) is 37.8 Å². The second kappa shape index (κ2) is 8.88. The zero-order valence-corrected chi connectivity index (χ0v) is 19.5. The summed E-state index contributed by atoms with van der Waals surface area (Å²) in [6.07, 6.45) is 0. The second-order valence-electron chi connectivity index (χ2n) is 8.54. The summed E-state index contributed by atoms with van der Waals surface area (Å²) in [7, 11) is -0.732. The highest BCUT2D eigenvalue weighted by molar-refractivity contribution is 7.89. The lowest BCUT2D eigenvalue weighted by Crippen LogP contribution is -2.50. The van der Waals surface area contributed by atoms with Crippen LogP contribution in [0.2, 0.25) is 0 Å². The molecule has 0 N–H and O–H groups in total. The largest absolute Gasteiger partial charge is 0.493 e. The lowest BCUT2D eigenvalue weighted by Gasteiger charge is -2.34. The number of rotatable bonds is 5. The summed E-state index contributed by atoms with van der Waals surface area (Å²) in [4.78, 5) is 14.7. The number of carbonyl (C=O) groups is 1. The van der Waals surface area contributed by atoms with Gasteiger partial charge in [-0.2, -0.15) is 4.31 Å². The molecule has 1 heterocycles. The molecule has 0 saturated carbocycles. The number of hydrogen-bond acceptors (Lipinski definition) is 5. The van der Waals surface area contributed by atoms with E-state index >= 15 is 0 Å². The van der Waals surface area contributed by atoms with Crippen molar-refractivity contribution in [2.45, 2.75) is 31.1 Å². The van der Waals surface area contributed by atoms with E-state index in [2.05, 4.69) is 20.8 Å². The van der Waals surface area contributed by atoms with Gasteiger partial charge < -0.3 is 14.4 Å². The van der Waals surface area contributed by atoms with Crippen LogP contribution in [0.3, 0.4) is 0 Å². The van der Waals surface area contributed by atoms with Crippen molar-refractivity contribution in [3.63, 3.8) is 0 Å². The Kier molecular flexibility index (Phi) is 6.62. The summed E-state index contributed by atoms with van der Waals surface area (Å²) >= 11 is 0. The van der Waals surface area contributed by atoms with Crippen molar-refractivity contribution in [2.75, 3.05) is 40.4 Å². The molecule has 0 bridgehead atoms. The number of amides is 1. The molecule has 1 aliphatic heterocycles. The normalized spacial score (nSPS) is 15.6. The Morgan fingerprint density at radius 1 is 0.871 bits per heavy atom. The quantitative estimate of drug-likeness (QED) is 0.705. The minimum absolute atomic E-state index is 0.0195. The molecule has 1 saturated heterocycles. The first-order valence-corrected chi connectivity index (χ1v) is 11.6. The van der Waals surface area contributed by atoms with Gasteiger partial charge in [0.25, 0.3) is 5.91 Å². The molecule has 2 aromatic rings. The van der Waals surface area contributed by atoms with Crippen LogP contribution in [0, 0.1) is 0 Å². The van der Waals surface area contributed by atoms with Crippen LogP contribution in [0.5, 0.6) is 11.5 Å². The average molecular weight is 447 g/mol. The predicted molar refractivity (Wildman–Crippen MR) is 119 cm³/mol. The molecule has 0 spiro atoms. The molecule has 3 rings (SSSR count). The number of methoxy groups -OCH3 is 2. The number of benzene rings is 2. The van der Waals surface area contributed by atoms with E-state index in [1.807, 2.05) is 24.3 Å². The van der Waals surface area contributed by atoms with Crippen LogP contribution >= 0.6 is 0 Å². The van der Waals surface area contributed by atoms with Gasteiger partial charge in [0.2, 0.25) is 10.0 Å². The van der Waals surface area contributed by atoms with Gasteiger partial charge in [0.15, 0.2) is 11.5 Å². The van der Waals surface area contributed by atoms with E-state index in [1.165, 1.54) is 30.7 Å². The topological polar surface area (TPSA) is 76.2 Å². The molecule has 8 heteroatoms. The monoisotopic (exact) mass is 446 g/mol. The second-order valence-corrected chi connectivity index (χ2v) is 10.5. The molecular weight excluding hydrogens is 416 g/mol. The summed E-state index contributed by atoms with van der Waals surface area (Å²) in [6, 6.07) is 12.2. The highest BCUT2D eigenvalue weighted by atomic mass is 32.2. The number of ether oxygens (including phenoxy) is 2. The molecule has 7 nitrogen and oxygen atoms in total. The zero-order valence-electron chi connectivity index (χ0n) is 18.7. The van der Waals surface area contributed by atoms with Crippen molar-refractivity contribution in [3.05, 3.63) is 53.6 Å². The van der Waals surface area contributed by atoms with E-state index in [4.69, 9.17) is 9.47 Å². The third-order valence-electron chi connectivity index (χ3n) is 5.52. The Balaban J connectivity index is 1.69. The molecule has 0 radical (unpaired) electrons. The molecule has 1 aliphatic rings. The summed E-state index contributed by atoms with van der Waals surface area (Å²) < 4.78 is 37.9. The van der Waals surface area contributed by atoms with Gasteiger partial charge in [-0.05, 0) is 35.2 Å². The van der Waals surface area contributed by atoms with Crippen molar-refractivity contribution in [3.8, 4) is 11.5 Å². The first-order valence-electron chi connectivity index (χ1n) is 10.2. The number of hydrogen-bond donors (Lipinski definition) is 0. The van der Waals surface area contributed by atoms with Gasteiger partial charge in [-0.1, -0.05) is 32.9 Å². The number of carbonyl (C=O) groups excluding carboxylic acids is 1. The average Bonchev–Trinajstić information content (AvgIpc) is 2.77. The van der Waals surface area contributed by atoms with E-state index < -0.39 is 10.0 Å². The number of sulfonamides is 1. The van der Waals surface area contributed by atoms with Crippen LogP contribution in [0.4, 0.5) is 0 Å². The van der Waals surface area contributed by atoms with Gasteiger partial charge in [-0.3, -0.25) is 4.79 Å². The van der Waals surface area contributed by atoms with Gasteiger partial charge in [0.1, 0.15) is 0 Å². The van der Waals surface area contributed by atoms with Crippen LogP contribution in [-0.4, -0.2) is 63.9 Å². The highest BCUT2D eigenvalue weighted by Crippen LogP contribution is 2.31. The molecule has 0 aliphatic carbocycles. The van der Waals surface area contributed by atoms with Gasteiger partial charge in [0.05, 0.1) is 19.1 Å². The number of piperazine rings is 1. The molecule has 0 atom stereocenters. The molecule has 0 aromatic heterocycles. The van der Waals surface area contributed by atoms with E-state index in [0.29, 0.717) is 30.2 Å². The maximum Gasteiger partial charge on any atom is 0.253 e. The van der Waals surface area contributed by atoms with E-state index in [0.717, 1.165) is 5.56 Å². The smallest absolute Gasteiger partial charge is 0.253 e. The maximum atomic E-state index is 13.1. The lowest BCUT2D eigenvalue weighted by atomic mass is 9.86. The van der Waals surface area contributed by atoms with Crippen LogP contribution < -0.4 is 9.47 Å². The summed E-state index contributed by atoms with van der Waals surface area (Å²) in [5.41, 5.74) is 1.80. The Hall–Kier alpha value is -2.58. The SMILES string of the molecule is COc1ccc(S(=O)(=O)N2CCN(C(=O)c3ccc(C(C)(C)C)cc3)CC2)cc1OC. The van der Waals surface area contributed by atoms with Crippen molar-refractivity contribution >= 4 is 15.9 Å². The highest BCUT2D eigenvalue weighted by Gasteiger charge is 2.31. The molecule has 2 aromatic carbocycles. The maximum absolute atomic E-state index is 13.1. The third kappa shape index (κ3) is 4.85.